The number of halogens is 1. The first-order chi connectivity index (χ1) is 16.0. The van der Waals surface area contributed by atoms with Crippen molar-refractivity contribution in [2.75, 3.05) is 0 Å². The van der Waals surface area contributed by atoms with Crippen LogP contribution >= 0.6 is 0 Å². The van der Waals surface area contributed by atoms with Crippen molar-refractivity contribution < 1.29 is 14.0 Å². The fourth-order valence-corrected chi connectivity index (χ4v) is 3.42. The Morgan fingerprint density at radius 2 is 1.64 bits per heavy atom. The first kappa shape index (κ1) is 21.7. The van der Waals surface area contributed by atoms with Crippen molar-refractivity contribution in [3.05, 3.63) is 112 Å². The number of amidine groups is 1. The van der Waals surface area contributed by atoms with E-state index in [1.807, 2.05) is 37.3 Å². The normalized spacial score (nSPS) is 13.4. The van der Waals surface area contributed by atoms with Gasteiger partial charge in [0.2, 0.25) is 0 Å². The highest BCUT2D eigenvalue weighted by molar-refractivity contribution is 6.20. The maximum Gasteiger partial charge on any atom is 0.264 e. The number of hydrogen-bond donors (Lipinski definition) is 2. The lowest BCUT2D eigenvalue weighted by molar-refractivity contribution is -0.117. The van der Waals surface area contributed by atoms with E-state index in [0.29, 0.717) is 11.1 Å². The fourth-order valence-electron chi connectivity index (χ4n) is 3.42. The zero-order valence-corrected chi connectivity index (χ0v) is 17.7. The molecule has 3 aromatic carbocycles. The number of carbonyl (C=O) groups is 2. The summed E-state index contributed by atoms with van der Waals surface area (Å²) in [6, 6.07) is 22.1. The average molecular weight is 438 g/mol. The molecule has 0 bridgehead atoms. The second-order valence-electron chi connectivity index (χ2n) is 7.44. The van der Waals surface area contributed by atoms with Gasteiger partial charge in [-0.3, -0.25) is 9.59 Å². The highest BCUT2D eigenvalue weighted by Gasteiger charge is 2.27. The molecule has 0 fully saturated rings. The maximum atomic E-state index is 14.0. The first-order valence-corrected chi connectivity index (χ1v) is 10.2. The van der Waals surface area contributed by atoms with Crippen LogP contribution in [0.4, 0.5) is 4.39 Å². The lowest BCUT2D eigenvalue weighted by Crippen LogP contribution is -2.31. The van der Waals surface area contributed by atoms with Crippen LogP contribution < -0.4 is 10.6 Å². The number of aryl methyl sites for hydroxylation is 1. The molecule has 0 saturated heterocycles. The Morgan fingerprint density at radius 3 is 2.33 bits per heavy atom. The van der Waals surface area contributed by atoms with Crippen molar-refractivity contribution in [3.63, 3.8) is 0 Å². The number of amides is 2. The summed E-state index contributed by atoms with van der Waals surface area (Å²) < 4.78 is 14.0. The summed E-state index contributed by atoms with van der Waals surface area (Å²) in [5.74, 6) is -1.77. The largest absolute Gasteiger partial charge is 0.347 e. The van der Waals surface area contributed by atoms with Gasteiger partial charge in [0.05, 0.1) is 11.3 Å². The Labute approximate surface area is 190 Å². The highest BCUT2D eigenvalue weighted by atomic mass is 19.1. The van der Waals surface area contributed by atoms with Gasteiger partial charge in [-0.2, -0.15) is 5.26 Å². The summed E-state index contributed by atoms with van der Waals surface area (Å²) in [4.78, 5) is 29.8. The van der Waals surface area contributed by atoms with E-state index in [-0.39, 0.29) is 29.2 Å². The van der Waals surface area contributed by atoms with Crippen LogP contribution in [0.1, 0.15) is 32.6 Å². The molecule has 0 aromatic heterocycles. The van der Waals surface area contributed by atoms with Gasteiger partial charge < -0.3 is 10.6 Å². The van der Waals surface area contributed by atoms with E-state index in [1.165, 1.54) is 18.2 Å². The van der Waals surface area contributed by atoms with Gasteiger partial charge in [-0.05, 0) is 24.6 Å². The van der Waals surface area contributed by atoms with E-state index in [0.717, 1.165) is 11.1 Å². The van der Waals surface area contributed by atoms with Crippen molar-refractivity contribution in [1.29, 1.82) is 5.26 Å². The minimum absolute atomic E-state index is 0.133. The van der Waals surface area contributed by atoms with Crippen molar-refractivity contribution >= 4 is 23.3 Å². The van der Waals surface area contributed by atoms with Crippen LogP contribution in [0.5, 0.6) is 0 Å². The Hall–Kier alpha value is -4.57. The lowest BCUT2D eigenvalue weighted by Gasteiger charge is -2.07. The van der Waals surface area contributed by atoms with Gasteiger partial charge in [0.15, 0.2) is 0 Å². The van der Waals surface area contributed by atoms with E-state index in [4.69, 9.17) is 0 Å². The Kier molecular flexibility index (Phi) is 6.09. The Bertz CT molecular complexity index is 1350. The molecule has 0 radical (unpaired) electrons. The van der Waals surface area contributed by atoms with Crippen molar-refractivity contribution in [2.24, 2.45) is 4.99 Å². The van der Waals surface area contributed by atoms with Gasteiger partial charge in [0.25, 0.3) is 11.8 Å². The Balaban J connectivity index is 1.63. The van der Waals surface area contributed by atoms with Crippen molar-refractivity contribution in [2.45, 2.75) is 13.5 Å². The average Bonchev–Trinajstić information content (AvgIpc) is 3.17. The summed E-state index contributed by atoms with van der Waals surface area (Å²) >= 11 is 0. The summed E-state index contributed by atoms with van der Waals surface area (Å²) in [7, 11) is 0. The molecule has 0 saturated carbocycles. The van der Waals surface area contributed by atoms with E-state index in [9.17, 15) is 19.2 Å². The van der Waals surface area contributed by atoms with Crippen LogP contribution in [0.2, 0.25) is 0 Å². The molecule has 0 unspecified atom stereocenters. The molecule has 33 heavy (non-hydrogen) atoms. The van der Waals surface area contributed by atoms with Crippen molar-refractivity contribution in [3.8, 4) is 6.07 Å². The smallest absolute Gasteiger partial charge is 0.264 e. The van der Waals surface area contributed by atoms with E-state index >= 15 is 0 Å². The van der Waals surface area contributed by atoms with E-state index in [1.54, 1.807) is 30.3 Å². The molecule has 1 aliphatic heterocycles. The van der Waals surface area contributed by atoms with Crippen molar-refractivity contribution in [1.82, 2.24) is 10.6 Å². The van der Waals surface area contributed by atoms with E-state index < -0.39 is 17.6 Å². The molecule has 7 heteroatoms. The molecular weight excluding hydrogens is 419 g/mol. The predicted molar refractivity (Wildman–Crippen MR) is 122 cm³/mol. The van der Waals surface area contributed by atoms with Crippen LogP contribution in [0.3, 0.4) is 0 Å². The summed E-state index contributed by atoms with van der Waals surface area (Å²) in [5, 5.41) is 15.1. The van der Waals surface area contributed by atoms with Gasteiger partial charge >= 0.3 is 0 Å². The molecule has 6 nitrogen and oxygen atoms in total. The first-order valence-electron chi connectivity index (χ1n) is 10.2. The quantitative estimate of drug-likeness (QED) is 0.478. The SMILES string of the molecule is Cc1ccc(CNC(=O)C(C#N)=C2N=C(NC(=O)c3ccccc3F)c3ccccc32)cc1. The van der Waals surface area contributed by atoms with Gasteiger partial charge in [-0.15, -0.1) is 0 Å². The second kappa shape index (κ2) is 9.28. The molecule has 2 amide bonds. The third kappa shape index (κ3) is 4.55. The fraction of sp³-hybridized carbons (Fsp3) is 0.0769. The number of nitriles is 1. The third-order valence-corrected chi connectivity index (χ3v) is 5.16. The molecule has 0 spiro atoms. The number of carbonyl (C=O) groups excluding carboxylic acids is 2. The van der Waals surface area contributed by atoms with Gasteiger partial charge in [-0.1, -0.05) is 66.2 Å². The number of hydrogen-bond acceptors (Lipinski definition) is 4. The summed E-state index contributed by atoms with van der Waals surface area (Å²) in [6.45, 7) is 2.22. The molecule has 162 valence electrons. The minimum Gasteiger partial charge on any atom is -0.347 e. The lowest BCUT2D eigenvalue weighted by atomic mass is 10.0. The minimum atomic E-state index is -0.676. The van der Waals surface area contributed by atoms with Crippen LogP contribution in [0, 0.1) is 24.1 Å². The predicted octanol–water partition coefficient (Wildman–Crippen LogP) is 3.88. The Morgan fingerprint density at radius 1 is 0.970 bits per heavy atom. The van der Waals surface area contributed by atoms with Gasteiger partial charge in [-0.25, -0.2) is 9.38 Å². The monoisotopic (exact) mass is 438 g/mol. The van der Waals surface area contributed by atoms with Crippen LogP contribution in [-0.4, -0.2) is 17.6 Å². The molecule has 1 aliphatic rings. The number of rotatable bonds is 4. The number of nitrogens with zero attached hydrogens (tertiary/aromatic N) is 2. The molecule has 3 aromatic rings. The number of benzene rings is 3. The summed E-state index contributed by atoms with van der Waals surface area (Å²) in [5.41, 5.74) is 2.91. The molecule has 2 N–H and O–H groups in total. The highest BCUT2D eigenvalue weighted by Crippen LogP contribution is 2.30. The molecule has 4 rings (SSSR count). The van der Waals surface area contributed by atoms with Crippen LogP contribution in [0.25, 0.3) is 5.70 Å². The standard InChI is InChI=1S/C26H19FN4O2/c1-16-10-12-17(13-11-16)15-29-25(32)21(14-28)23-18-6-2-3-7-19(18)24(30-23)31-26(33)20-8-4-5-9-22(20)27/h2-13H,15H2,1H3,(H,29,32)(H,30,31,33). The number of aliphatic imine (C=N–C) groups is 1. The van der Waals surface area contributed by atoms with Gasteiger partial charge in [0.1, 0.15) is 23.3 Å². The summed E-state index contributed by atoms with van der Waals surface area (Å²) in [6.07, 6.45) is 0. The number of fused-ring (bicyclic) bond motifs is 1. The third-order valence-electron chi connectivity index (χ3n) is 5.16. The molecular formula is C26H19FN4O2. The van der Waals surface area contributed by atoms with Crippen LogP contribution in [0.15, 0.2) is 83.4 Å². The zero-order valence-electron chi connectivity index (χ0n) is 17.7. The topological polar surface area (TPSA) is 94.3 Å². The zero-order chi connectivity index (χ0) is 23.4. The van der Waals surface area contributed by atoms with Gasteiger partial charge in [0, 0.05) is 17.7 Å². The molecule has 0 atom stereocenters. The second-order valence-corrected chi connectivity index (χ2v) is 7.44. The number of nitrogens with one attached hydrogen (secondary N) is 2. The molecule has 1 heterocycles. The maximum absolute atomic E-state index is 14.0. The molecule has 0 aliphatic carbocycles. The van der Waals surface area contributed by atoms with Crippen LogP contribution in [-0.2, 0) is 11.3 Å². The van der Waals surface area contributed by atoms with E-state index in [2.05, 4.69) is 15.6 Å².